The number of carbonyl (C=O) groups excluding carboxylic acids is 2. The monoisotopic (exact) mass is 681 g/mol. The molecule has 0 unspecified atom stereocenters. The number of nitrogens with zero attached hydrogens (tertiary/aromatic N) is 2. The topological polar surface area (TPSA) is 105 Å². The van der Waals surface area contributed by atoms with Crippen molar-refractivity contribution in [2.24, 2.45) is 0 Å². The van der Waals surface area contributed by atoms with Gasteiger partial charge in [0.15, 0.2) is 6.61 Å². The number of rotatable bonds is 12. The molecule has 240 valence electrons. The van der Waals surface area contributed by atoms with Crippen molar-refractivity contribution in [3.63, 3.8) is 0 Å². The van der Waals surface area contributed by atoms with Crippen molar-refractivity contribution in [1.29, 1.82) is 0 Å². The van der Waals surface area contributed by atoms with Gasteiger partial charge < -0.3 is 19.7 Å². The molecule has 0 radical (unpaired) electrons. The van der Waals surface area contributed by atoms with E-state index in [9.17, 15) is 18.0 Å². The molecule has 0 aliphatic carbocycles. The number of benzene rings is 4. The summed E-state index contributed by atoms with van der Waals surface area (Å²) in [7, 11) is -3.68. The molecule has 1 aliphatic heterocycles. The van der Waals surface area contributed by atoms with Gasteiger partial charge in [-0.3, -0.25) is 9.59 Å². The first-order chi connectivity index (χ1) is 22.2. The number of hydrogen-bond acceptors (Lipinski definition) is 6. The van der Waals surface area contributed by atoms with Gasteiger partial charge in [-0.15, -0.1) is 0 Å². The molecule has 2 amide bonds. The van der Waals surface area contributed by atoms with E-state index in [0.717, 1.165) is 11.1 Å². The fourth-order valence-corrected chi connectivity index (χ4v) is 6.64. The molecule has 4 aromatic carbocycles. The van der Waals surface area contributed by atoms with Gasteiger partial charge in [0.25, 0.3) is 5.91 Å². The average molecular weight is 683 g/mol. The lowest BCUT2D eigenvalue weighted by molar-refractivity contribution is -0.143. The highest BCUT2D eigenvalue weighted by molar-refractivity contribution is 7.89. The zero-order valence-corrected chi connectivity index (χ0v) is 27.2. The number of carbonyl (C=O) groups is 2. The van der Waals surface area contributed by atoms with Crippen LogP contribution in [0, 0.1) is 0 Å². The largest absolute Gasteiger partial charge is 0.484 e. The van der Waals surface area contributed by atoms with Crippen LogP contribution in [-0.4, -0.2) is 62.3 Å². The van der Waals surface area contributed by atoms with Gasteiger partial charge >= 0.3 is 0 Å². The minimum Gasteiger partial charge on any atom is -0.484 e. The minimum atomic E-state index is -3.68. The molecule has 1 saturated heterocycles. The predicted octanol–water partition coefficient (Wildman–Crippen LogP) is 5.48. The van der Waals surface area contributed by atoms with Crippen LogP contribution in [0.5, 0.6) is 5.75 Å². The number of amides is 2. The number of sulfonamides is 1. The lowest BCUT2D eigenvalue weighted by Crippen LogP contribution is -2.45. The fraction of sp³-hybridized carbons (Fsp3) is 0.235. The van der Waals surface area contributed by atoms with Crippen molar-refractivity contribution in [2.75, 3.05) is 32.9 Å². The quantitative estimate of drug-likeness (QED) is 0.212. The van der Waals surface area contributed by atoms with Gasteiger partial charge in [0.2, 0.25) is 15.9 Å². The van der Waals surface area contributed by atoms with Crippen LogP contribution in [0.1, 0.15) is 22.7 Å². The van der Waals surface area contributed by atoms with Gasteiger partial charge in [0.1, 0.15) is 11.8 Å². The number of morpholine rings is 1. The second-order valence-corrected chi connectivity index (χ2v) is 13.4. The number of halogens is 2. The highest BCUT2D eigenvalue weighted by Gasteiger charge is 2.32. The summed E-state index contributed by atoms with van der Waals surface area (Å²) >= 11 is 12.1. The molecule has 0 saturated carbocycles. The molecule has 5 rings (SSSR count). The van der Waals surface area contributed by atoms with Crippen LogP contribution in [0.3, 0.4) is 0 Å². The van der Waals surface area contributed by atoms with Gasteiger partial charge in [-0.1, -0.05) is 77.8 Å². The first-order valence-corrected chi connectivity index (χ1v) is 16.8. The van der Waals surface area contributed by atoms with E-state index in [4.69, 9.17) is 32.7 Å². The maximum atomic E-state index is 13.9. The summed E-state index contributed by atoms with van der Waals surface area (Å²) in [5.74, 6) is -0.513. The van der Waals surface area contributed by atoms with E-state index in [0.29, 0.717) is 34.6 Å². The first-order valence-electron chi connectivity index (χ1n) is 14.6. The normalized spacial score (nSPS) is 14.3. The van der Waals surface area contributed by atoms with Crippen LogP contribution in [-0.2, 0) is 37.4 Å². The SMILES string of the molecule is O=C(NCc1ccc(Cl)cc1)[C@@H](c1ccccc1)N(Cc1ccc(Cl)cc1)C(=O)COc1ccc(S(=O)(=O)N2CCOCC2)cc1. The second-order valence-electron chi connectivity index (χ2n) is 10.6. The van der Waals surface area contributed by atoms with Crippen LogP contribution in [0.25, 0.3) is 0 Å². The predicted molar refractivity (Wildman–Crippen MR) is 176 cm³/mol. The maximum absolute atomic E-state index is 13.9. The van der Waals surface area contributed by atoms with Gasteiger partial charge in [-0.25, -0.2) is 8.42 Å². The van der Waals surface area contributed by atoms with Crippen LogP contribution in [0.15, 0.2) is 108 Å². The molecule has 0 aromatic heterocycles. The molecule has 1 aliphatic rings. The average Bonchev–Trinajstić information content (AvgIpc) is 3.08. The smallest absolute Gasteiger partial charge is 0.261 e. The van der Waals surface area contributed by atoms with Gasteiger partial charge in [-0.2, -0.15) is 4.31 Å². The lowest BCUT2D eigenvalue weighted by atomic mass is 10.0. The summed E-state index contributed by atoms with van der Waals surface area (Å²) in [6.45, 7) is 1.21. The van der Waals surface area contributed by atoms with Crippen LogP contribution < -0.4 is 10.1 Å². The molecule has 1 N–H and O–H groups in total. The van der Waals surface area contributed by atoms with Crippen molar-refractivity contribution in [3.05, 3.63) is 130 Å². The van der Waals surface area contributed by atoms with E-state index in [1.807, 2.05) is 30.3 Å². The van der Waals surface area contributed by atoms with E-state index < -0.39 is 28.6 Å². The Labute approximate surface area is 278 Å². The molecule has 1 heterocycles. The molecule has 1 fully saturated rings. The van der Waals surface area contributed by atoms with E-state index in [2.05, 4.69) is 5.32 Å². The zero-order valence-electron chi connectivity index (χ0n) is 24.9. The Morgan fingerprint density at radius 3 is 2.02 bits per heavy atom. The van der Waals surface area contributed by atoms with Crippen LogP contribution in [0.4, 0.5) is 0 Å². The summed E-state index contributed by atoms with van der Waals surface area (Å²) < 4.78 is 38.5. The molecule has 12 heteroatoms. The fourth-order valence-electron chi connectivity index (χ4n) is 4.98. The molecule has 46 heavy (non-hydrogen) atoms. The van der Waals surface area contributed by atoms with Gasteiger partial charge in [0, 0.05) is 36.2 Å². The van der Waals surface area contributed by atoms with Crippen molar-refractivity contribution < 1.29 is 27.5 Å². The van der Waals surface area contributed by atoms with E-state index in [-0.39, 0.29) is 37.0 Å². The van der Waals surface area contributed by atoms with Crippen molar-refractivity contribution >= 4 is 45.0 Å². The Morgan fingerprint density at radius 1 is 0.826 bits per heavy atom. The molecule has 1 atom stereocenters. The zero-order chi connectivity index (χ0) is 32.5. The summed E-state index contributed by atoms with van der Waals surface area (Å²) in [5, 5.41) is 4.10. The molecule has 0 bridgehead atoms. The first kappa shape index (κ1) is 33.4. The third kappa shape index (κ3) is 8.65. The second kappa shape index (κ2) is 15.6. The maximum Gasteiger partial charge on any atom is 0.261 e. The Balaban J connectivity index is 1.36. The highest BCUT2D eigenvalue weighted by Crippen LogP contribution is 2.26. The Kier molecular flexibility index (Phi) is 11.3. The summed E-state index contributed by atoms with van der Waals surface area (Å²) in [4.78, 5) is 29.4. The van der Waals surface area contributed by atoms with Crippen molar-refractivity contribution in [2.45, 2.75) is 24.0 Å². The highest BCUT2D eigenvalue weighted by atomic mass is 35.5. The van der Waals surface area contributed by atoms with Gasteiger partial charge in [0.05, 0.1) is 18.1 Å². The number of nitrogens with one attached hydrogen (secondary N) is 1. The number of ether oxygens (including phenoxy) is 2. The molecular formula is C34H33Cl2N3O6S. The molecule has 0 spiro atoms. The molecular weight excluding hydrogens is 649 g/mol. The molecule has 9 nitrogen and oxygen atoms in total. The summed E-state index contributed by atoms with van der Waals surface area (Å²) in [6, 6.07) is 28.2. The van der Waals surface area contributed by atoms with Gasteiger partial charge in [-0.05, 0) is 65.2 Å². The van der Waals surface area contributed by atoms with E-state index >= 15 is 0 Å². The summed E-state index contributed by atoms with van der Waals surface area (Å²) in [5.41, 5.74) is 2.24. The van der Waals surface area contributed by atoms with Crippen molar-refractivity contribution in [1.82, 2.24) is 14.5 Å². The number of hydrogen-bond donors (Lipinski definition) is 1. The van der Waals surface area contributed by atoms with Crippen LogP contribution in [0.2, 0.25) is 10.0 Å². The van der Waals surface area contributed by atoms with Crippen LogP contribution >= 0.6 is 23.2 Å². The standard InChI is InChI=1S/C34H33Cl2N3O6S/c35-28-10-6-25(7-11-28)22-37-34(41)33(27-4-2-1-3-5-27)39(23-26-8-12-29(36)13-9-26)32(40)24-45-30-14-16-31(17-15-30)46(42,43)38-18-20-44-21-19-38/h1-17,33H,18-24H2,(H,37,41)/t33-/m1/s1. The molecule has 4 aromatic rings. The van der Waals surface area contributed by atoms with Crippen molar-refractivity contribution in [3.8, 4) is 5.75 Å². The Morgan fingerprint density at radius 2 is 1.41 bits per heavy atom. The third-order valence-corrected chi connectivity index (χ3v) is 9.85. The Bertz CT molecular complexity index is 1720. The third-order valence-electron chi connectivity index (χ3n) is 7.44. The minimum absolute atomic E-state index is 0.101. The summed E-state index contributed by atoms with van der Waals surface area (Å²) in [6.07, 6.45) is 0. The van der Waals surface area contributed by atoms with E-state index in [1.54, 1.807) is 48.5 Å². The van der Waals surface area contributed by atoms with E-state index in [1.165, 1.54) is 33.5 Å². The Hall–Kier alpha value is -3.93. The lowest BCUT2D eigenvalue weighted by Gasteiger charge is -2.31.